The Morgan fingerprint density at radius 2 is 2.25 bits per heavy atom. The van der Waals surface area contributed by atoms with Crippen LogP contribution in [-0.4, -0.2) is 25.4 Å². The maximum atomic E-state index is 11.3. The molecule has 0 unspecified atom stereocenters. The largest absolute Gasteiger partial charge is 0.506 e. The lowest BCUT2D eigenvalue weighted by molar-refractivity contribution is -0.115. The first-order valence-electron chi connectivity index (χ1n) is 4.19. The van der Waals surface area contributed by atoms with E-state index in [1.165, 1.54) is 12.3 Å². The third kappa shape index (κ3) is 2.15. The molecule has 0 saturated carbocycles. The van der Waals surface area contributed by atoms with Gasteiger partial charge in [0.2, 0.25) is 0 Å². The van der Waals surface area contributed by atoms with Crippen LogP contribution >= 0.6 is 24.0 Å². The van der Waals surface area contributed by atoms with Crippen LogP contribution in [0.15, 0.2) is 17.2 Å². The third-order valence-electron chi connectivity index (χ3n) is 1.79. The van der Waals surface area contributed by atoms with E-state index >= 15 is 0 Å². The van der Waals surface area contributed by atoms with Gasteiger partial charge in [-0.1, -0.05) is 24.0 Å². The summed E-state index contributed by atoms with van der Waals surface area (Å²) in [5.41, 5.74) is 0.208. The van der Waals surface area contributed by atoms with Gasteiger partial charge in [0, 0.05) is 6.07 Å². The van der Waals surface area contributed by atoms with E-state index in [1.807, 2.05) is 0 Å². The molecule has 1 amide bonds. The highest BCUT2D eigenvalue weighted by Gasteiger charge is 2.22. The summed E-state index contributed by atoms with van der Waals surface area (Å²) in [5.74, 6) is -0.651. The van der Waals surface area contributed by atoms with Crippen LogP contribution in [-0.2, 0) is 4.79 Å². The van der Waals surface area contributed by atoms with Gasteiger partial charge < -0.3 is 15.5 Å². The molecular formula is C9H6N2O3S2. The molecule has 0 aromatic carbocycles. The van der Waals surface area contributed by atoms with Crippen LogP contribution in [0.5, 0.6) is 11.5 Å². The minimum Gasteiger partial charge on any atom is -0.506 e. The summed E-state index contributed by atoms with van der Waals surface area (Å²) in [4.78, 5) is 15.5. The standard InChI is InChI=1S/C9H6N2O3S2/c12-4-1-6(13)5(10-3-4)2-7-8(14)11-9(15)16-7/h1-3,12-13H,(H,11,14,15)/b7-2-. The minimum atomic E-state index is -0.315. The predicted octanol–water partition coefficient (Wildman–Crippen LogP) is 0.982. The fourth-order valence-corrected chi connectivity index (χ4v) is 2.13. The summed E-state index contributed by atoms with van der Waals surface area (Å²) in [6.45, 7) is 0. The summed E-state index contributed by atoms with van der Waals surface area (Å²) in [5, 5.41) is 21.0. The first kappa shape index (κ1) is 10.9. The number of amides is 1. The summed E-state index contributed by atoms with van der Waals surface area (Å²) in [6.07, 6.45) is 2.59. The molecule has 0 atom stereocenters. The molecule has 1 saturated heterocycles. The van der Waals surface area contributed by atoms with Crippen LogP contribution in [0.3, 0.4) is 0 Å². The van der Waals surface area contributed by atoms with Crippen molar-refractivity contribution in [2.24, 2.45) is 0 Å². The van der Waals surface area contributed by atoms with Crippen molar-refractivity contribution in [1.29, 1.82) is 0 Å². The Morgan fingerprint density at radius 3 is 2.81 bits per heavy atom. The van der Waals surface area contributed by atoms with Crippen molar-refractivity contribution in [3.05, 3.63) is 22.9 Å². The van der Waals surface area contributed by atoms with Gasteiger partial charge in [-0.25, -0.2) is 4.98 Å². The van der Waals surface area contributed by atoms with Crippen molar-refractivity contribution >= 4 is 40.3 Å². The number of carbonyl (C=O) groups is 1. The van der Waals surface area contributed by atoms with Crippen LogP contribution in [0.4, 0.5) is 0 Å². The van der Waals surface area contributed by atoms with Crippen LogP contribution in [0.25, 0.3) is 6.08 Å². The SMILES string of the molecule is O=C1NC(=S)S/C1=C\c1ncc(O)cc1O. The molecule has 82 valence electrons. The predicted molar refractivity (Wildman–Crippen MR) is 63.9 cm³/mol. The zero-order valence-corrected chi connectivity index (χ0v) is 9.43. The molecule has 0 aliphatic carbocycles. The molecule has 7 heteroatoms. The first-order chi connectivity index (χ1) is 7.56. The van der Waals surface area contributed by atoms with Gasteiger partial charge in [0.25, 0.3) is 5.91 Å². The number of nitrogens with one attached hydrogen (secondary N) is 1. The molecule has 2 heterocycles. The number of hydrogen-bond acceptors (Lipinski definition) is 6. The van der Waals surface area contributed by atoms with E-state index in [4.69, 9.17) is 17.3 Å². The monoisotopic (exact) mass is 254 g/mol. The summed E-state index contributed by atoms with van der Waals surface area (Å²) >= 11 is 5.91. The zero-order chi connectivity index (χ0) is 11.7. The molecule has 5 nitrogen and oxygen atoms in total. The summed E-state index contributed by atoms with van der Waals surface area (Å²) in [7, 11) is 0. The Morgan fingerprint density at radius 1 is 1.50 bits per heavy atom. The van der Waals surface area contributed by atoms with Crippen molar-refractivity contribution in [2.45, 2.75) is 0 Å². The van der Waals surface area contributed by atoms with Gasteiger partial charge in [0.1, 0.15) is 21.5 Å². The first-order valence-corrected chi connectivity index (χ1v) is 5.41. The second-order valence-electron chi connectivity index (χ2n) is 2.95. The maximum Gasteiger partial charge on any atom is 0.263 e. The van der Waals surface area contributed by atoms with E-state index in [-0.39, 0.29) is 23.1 Å². The van der Waals surface area contributed by atoms with Crippen LogP contribution in [0.2, 0.25) is 0 Å². The van der Waals surface area contributed by atoms with Crippen molar-refractivity contribution in [2.75, 3.05) is 0 Å². The molecule has 1 aromatic heterocycles. The molecule has 2 rings (SSSR count). The van der Waals surface area contributed by atoms with E-state index < -0.39 is 0 Å². The van der Waals surface area contributed by atoms with Gasteiger partial charge in [-0.05, 0) is 6.08 Å². The Kier molecular flexibility index (Phi) is 2.80. The van der Waals surface area contributed by atoms with Gasteiger partial charge in [0.05, 0.1) is 11.1 Å². The molecule has 16 heavy (non-hydrogen) atoms. The van der Waals surface area contributed by atoms with Crippen molar-refractivity contribution in [3.63, 3.8) is 0 Å². The smallest absolute Gasteiger partial charge is 0.263 e. The molecule has 3 N–H and O–H groups in total. The van der Waals surface area contributed by atoms with Gasteiger partial charge in [-0.2, -0.15) is 0 Å². The molecule has 1 fully saturated rings. The van der Waals surface area contributed by atoms with E-state index in [9.17, 15) is 9.90 Å². The molecule has 1 aromatic rings. The summed E-state index contributed by atoms with van der Waals surface area (Å²) in [6, 6.07) is 1.15. The maximum absolute atomic E-state index is 11.3. The second kappa shape index (κ2) is 4.11. The van der Waals surface area contributed by atoms with E-state index in [0.717, 1.165) is 17.8 Å². The number of rotatable bonds is 1. The lowest BCUT2D eigenvalue weighted by Crippen LogP contribution is -2.17. The fraction of sp³-hybridized carbons (Fsp3) is 0. The Bertz CT molecular complexity index is 513. The van der Waals surface area contributed by atoms with Crippen molar-refractivity contribution < 1.29 is 15.0 Å². The molecule has 1 aliphatic heterocycles. The normalized spacial score (nSPS) is 17.9. The van der Waals surface area contributed by atoms with Gasteiger partial charge in [-0.3, -0.25) is 4.79 Å². The number of thioether (sulfide) groups is 1. The summed E-state index contributed by atoms with van der Waals surface area (Å²) < 4.78 is 0.370. The second-order valence-corrected chi connectivity index (χ2v) is 4.67. The number of thiocarbonyl (C=S) groups is 1. The Balaban J connectivity index is 2.36. The Labute approximate surface area is 100 Å². The highest BCUT2D eigenvalue weighted by atomic mass is 32.2. The van der Waals surface area contributed by atoms with Crippen LogP contribution in [0.1, 0.15) is 5.69 Å². The lowest BCUT2D eigenvalue weighted by atomic mass is 10.3. The van der Waals surface area contributed by atoms with Gasteiger partial charge in [-0.15, -0.1) is 0 Å². The quantitative estimate of drug-likeness (QED) is 0.512. The van der Waals surface area contributed by atoms with E-state index in [0.29, 0.717) is 9.23 Å². The van der Waals surface area contributed by atoms with Gasteiger partial charge in [0.15, 0.2) is 0 Å². The molecule has 0 radical (unpaired) electrons. The molecular weight excluding hydrogens is 248 g/mol. The lowest BCUT2D eigenvalue weighted by Gasteiger charge is -1.99. The molecule has 0 bridgehead atoms. The van der Waals surface area contributed by atoms with Crippen LogP contribution in [0, 0.1) is 0 Å². The van der Waals surface area contributed by atoms with Crippen molar-refractivity contribution in [1.82, 2.24) is 10.3 Å². The average Bonchev–Trinajstić information content (AvgIpc) is 2.50. The topological polar surface area (TPSA) is 82.5 Å². The number of nitrogens with zero attached hydrogens (tertiary/aromatic N) is 1. The van der Waals surface area contributed by atoms with E-state index in [2.05, 4.69) is 10.3 Å². The number of hydrogen-bond donors (Lipinski definition) is 3. The fourth-order valence-electron chi connectivity index (χ4n) is 1.11. The zero-order valence-electron chi connectivity index (χ0n) is 7.80. The van der Waals surface area contributed by atoms with Gasteiger partial charge >= 0.3 is 0 Å². The third-order valence-corrected chi connectivity index (χ3v) is 2.96. The average molecular weight is 254 g/mol. The number of aromatic nitrogens is 1. The number of carbonyl (C=O) groups excluding carboxylic acids is 1. The van der Waals surface area contributed by atoms with E-state index in [1.54, 1.807) is 0 Å². The minimum absolute atomic E-state index is 0.140. The molecule has 0 spiro atoms. The van der Waals surface area contributed by atoms with Crippen molar-refractivity contribution in [3.8, 4) is 11.5 Å². The highest BCUT2D eigenvalue weighted by molar-refractivity contribution is 8.26. The highest BCUT2D eigenvalue weighted by Crippen LogP contribution is 2.28. The number of aromatic hydroxyl groups is 2. The van der Waals surface area contributed by atoms with Crippen LogP contribution < -0.4 is 5.32 Å². The number of pyridine rings is 1. The Hall–Kier alpha value is -1.60. The molecule has 1 aliphatic rings.